The highest BCUT2D eigenvalue weighted by molar-refractivity contribution is 5.80. The Morgan fingerprint density at radius 3 is 2.76 bits per heavy atom. The van der Waals surface area contributed by atoms with Gasteiger partial charge in [0.1, 0.15) is 5.82 Å². The minimum Gasteiger partial charge on any atom is -0.358 e. The van der Waals surface area contributed by atoms with Crippen molar-refractivity contribution in [2.24, 2.45) is 0 Å². The summed E-state index contributed by atoms with van der Waals surface area (Å²) in [5, 5.41) is 5.82. The van der Waals surface area contributed by atoms with E-state index in [9.17, 15) is 4.79 Å². The maximum absolute atomic E-state index is 11.2. The Morgan fingerprint density at radius 1 is 1.47 bits per heavy atom. The Hall–Kier alpha value is -1.62. The Balaban J connectivity index is 2.57. The molecule has 0 saturated carbocycles. The van der Waals surface area contributed by atoms with Crippen LogP contribution in [0.3, 0.4) is 0 Å². The number of amides is 1. The molecule has 1 aromatic rings. The summed E-state index contributed by atoms with van der Waals surface area (Å²) in [6.45, 7) is 4.15. The molecule has 5 nitrogen and oxygen atoms in total. The van der Waals surface area contributed by atoms with Crippen molar-refractivity contribution < 1.29 is 4.79 Å². The molecular weight excluding hydrogens is 216 g/mol. The molecule has 0 aliphatic carbocycles. The van der Waals surface area contributed by atoms with E-state index in [4.69, 9.17) is 0 Å². The van der Waals surface area contributed by atoms with E-state index in [1.807, 2.05) is 30.3 Å². The van der Waals surface area contributed by atoms with Gasteiger partial charge >= 0.3 is 0 Å². The summed E-state index contributed by atoms with van der Waals surface area (Å²) in [5.74, 6) is 0.778. The smallest absolute Gasteiger partial charge is 0.239 e. The van der Waals surface area contributed by atoms with Crippen molar-refractivity contribution in [1.29, 1.82) is 0 Å². The zero-order chi connectivity index (χ0) is 12.7. The van der Waals surface area contributed by atoms with E-state index in [0.717, 1.165) is 24.5 Å². The van der Waals surface area contributed by atoms with Gasteiger partial charge in [-0.3, -0.25) is 4.79 Å². The second kappa shape index (κ2) is 6.85. The number of nitrogens with zero attached hydrogens (tertiary/aromatic N) is 2. The van der Waals surface area contributed by atoms with Crippen molar-refractivity contribution in [1.82, 2.24) is 15.6 Å². The minimum atomic E-state index is -0.0222. The predicted octanol–water partition coefficient (Wildman–Crippen LogP) is 0.373. The Kier molecular flexibility index (Phi) is 5.42. The molecule has 0 aliphatic heterocycles. The standard InChI is InChI=1S/C12H20N4O/c1-4-14-7-10-5-6-11(15-8-10)16(3)9-12(17)13-2/h5-6,8,14H,4,7,9H2,1-3H3,(H,13,17). The monoisotopic (exact) mass is 236 g/mol. The zero-order valence-electron chi connectivity index (χ0n) is 10.7. The van der Waals surface area contributed by atoms with Gasteiger partial charge in [0.05, 0.1) is 6.54 Å². The van der Waals surface area contributed by atoms with Gasteiger partial charge in [-0.15, -0.1) is 0 Å². The first-order valence-corrected chi connectivity index (χ1v) is 5.74. The summed E-state index contributed by atoms with van der Waals surface area (Å²) >= 11 is 0. The average molecular weight is 236 g/mol. The maximum atomic E-state index is 11.2. The fraction of sp³-hybridized carbons (Fsp3) is 0.500. The minimum absolute atomic E-state index is 0.0222. The van der Waals surface area contributed by atoms with Gasteiger partial charge in [-0.25, -0.2) is 4.98 Å². The van der Waals surface area contributed by atoms with Crippen molar-refractivity contribution in [2.75, 3.05) is 32.1 Å². The molecule has 2 N–H and O–H groups in total. The number of hydrogen-bond acceptors (Lipinski definition) is 4. The molecule has 5 heteroatoms. The molecule has 17 heavy (non-hydrogen) atoms. The van der Waals surface area contributed by atoms with Crippen LogP contribution in [-0.2, 0) is 11.3 Å². The lowest BCUT2D eigenvalue weighted by molar-refractivity contribution is -0.119. The quantitative estimate of drug-likeness (QED) is 0.749. The summed E-state index contributed by atoms with van der Waals surface area (Å²) in [4.78, 5) is 17.4. The topological polar surface area (TPSA) is 57.3 Å². The molecule has 94 valence electrons. The average Bonchev–Trinajstić information content (AvgIpc) is 2.36. The molecule has 0 radical (unpaired) electrons. The lowest BCUT2D eigenvalue weighted by atomic mass is 10.2. The molecule has 1 rings (SSSR count). The number of hydrogen-bond donors (Lipinski definition) is 2. The van der Waals surface area contributed by atoms with Crippen LogP contribution in [0, 0.1) is 0 Å². The van der Waals surface area contributed by atoms with Gasteiger partial charge in [0.15, 0.2) is 0 Å². The molecule has 0 saturated heterocycles. The van der Waals surface area contributed by atoms with E-state index in [1.165, 1.54) is 0 Å². The first kappa shape index (κ1) is 13.4. The van der Waals surface area contributed by atoms with Gasteiger partial charge in [-0.2, -0.15) is 0 Å². The molecule has 0 bridgehead atoms. The van der Waals surface area contributed by atoms with E-state index in [2.05, 4.69) is 22.5 Å². The molecule has 0 aromatic carbocycles. The maximum Gasteiger partial charge on any atom is 0.239 e. The third-order valence-electron chi connectivity index (χ3n) is 2.44. The van der Waals surface area contributed by atoms with Crippen molar-refractivity contribution in [3.05, 3.63) is 23.9 Å². The highest BCUT2D eigenvalue weighted by Gasteiger charge is 2.06. The SMILES string of the molecule is CCNCc1ccc(N(C)CC(=O)NC)nc1. The summed E-state index contributed by atoms with van der Waals surface area (Å²) in [7, 11) is 3.48. The van der Waals surface area contributed by atoms with E-state index in [-0.39, 0.29) is 5.91 Å². The molecule has 1 aromatic heterocycles. The van der Waals surface area contributed by atoms with Crippen LogP contribution in [0.5, 0.6) is 0 Å². The molecule has 0 aliphatic rings. The van der Waals surface area contributed by atoms with Crippen LogP contribution < -0.4 is 15.5 Å². The molecule has 0 fully saturated rings. The number of carbonyl (C=O) groups is 1. The van der Waals surface area contributed by atoms with Crippen LogP contribution in [0.1, 0.15) is 12.5 Å². The summed E-state index contributed by atoms with van der Waals surface area (Å²) in [6.07, 6.45) is 1.83. The number of aromatic nitrogens is 1. The molecule has 0 atom stereocenters. The number of carbonyl (C=O) groups excluding carboxylic acids is 1. The van der Waals surface area contributed by atoms with Gasteiger partial charge < -0.3 is 15.5 Å². The molecule has 1 amide bonds. The van der Waals surface area contributed by atoms with Crippen LogP contribution in [-0.4, -0.2) is 38.1 Å². The van der Waals surface area contributed by atoms with E-state index < -0.39 is 0 Å². The third kappa shape index (κ3) is 4.40. The fourth-order valence-electron chi connectivity index (χ4n) is 1.39. The van der Waals surface area contributed by atoms with Crippen LogP contribution in [0.4, 0.5) is 5.82 Å². The Morgan fingerprint density at radius 2 is 2.24 bits per heavy atom. The number of nitrogens with one attached hydrogen (secondary N) is 2. The number of anilines is 1. The van der Waals surface area contributed by atoms with Crippen LogP contribution in [0.15, 0.2) is 18.3 Å². The second-order valence-electron chi connectivity index (χ2n) is 3.83. The predicted molar refractivity (Wildman–Crippen MR) is 69.0 cm³/mol. The second-order valence-corrected chi connectivity index (χ2v) is 3.83. The van der Waals surface area contributed by atoms with E-state index >= 15 is 0 Å². The summed E-state index contributed by atoms with van der Waals surface area (Å²) in [5.41, 5.74) is 1.14. The van der Waals surface area contributed by atoms with Gasteiger partial charge in [0.2, 0.25) is 5.91 Å². The van der Waals surface area contributed by atoms with Crippen molar-refractivity contribution in [3.63, 3.8) is 0 Å². The first-order chi connectivity index (χ1) is 8.17. The van der Waals surface area contributed by atoms with Crippen LogP contribution in [0.25, 0.3) is 0 Å². The van der Waals surface area contributed by atoms with Crippen LogP contribution in [0.2, 0.25) is 0 Å². The highest BCUT2D eigenvalue weighted by Crippen LogP contribution is 2.09. The Bertz CT molecular complexity index is 350. The van der Waals surface area contributed by atoms with Gasteiger partial charge in [-0.1, -0.05) is 13.0 Å². The van der Waals surface area contributed by atoms with E-state index in [0.29, 0.717) is 6.54 Å². The lowest BCUT2D eigenvalue weighted by Crippen LogP contribution is -2.33. The number of rotatable bonds is 6. The van der Waals surface area contributed by atoms with Crippen molar-refractivity contribution in [3.8, 4) is 0 Å². The normalized spacial score (nSPS) is 10.1. The van der Waals surface area contributed by atoms with Crippen LogP contribution >= 0.6 is 0 Å². The van der Waals surface area contributed by atoms with Crippen molar-refractivity contribution >= 4 is 11.7 Å². The number of pyridine rings is 1. The largest absolute Gasteiger partial charge is 0.358 e. The van der Waals surface area contributed by atoms with Gasteiger partial charge in [0.25, 0.3) is 0 Å². The molecular formula is C12H20N4O. The number of likely N-dealkylation sites (N-methyl/N-ethyl adjacent to an activating group) is 2. The lowest BCUT2D eigenvalue weighted by Gasteiger charge is -2.17. The van der Waals surface area contributed by atoms with Crippen molar-refractivity contribution in [2.45, 2.75) is 13.5 Å². The third-order valence-corrected chi connectivity index (χ3v) is 2.44. The first-order valence-electron chi connectivity index (χ1n) is 5.74. The fourth-order valence-corrected chi connectivity index (χ4v) is 1.39. The van der Waals surface area contributed by atoms with Gasteiger partial charge in [-0.05, 0) is 18.2 Å². The molecule has 0 unspecified atom stereocenters. The summed E-state index contributed by atoms with van der Waals surface area (Å²) < 4.78 is 0. The Labute approximate surface area is 102 Å². The highest BCUT2D eigenvalue weighted by atomic mass is 16.1. The van der Waals surface area contributed by atoms with Gasteiger partial charge in [0, 0.05) is 26.8 Å². The zero-order valence-corrected chi connectivity index (χ0v) is 10.7. The molecule has 0 spiro atoms. The van der Waals surface area contributed by atoms with E-state index in [1.54, 1.807) is 7.05 Å². The summed E-state index contributed by atoms with van der Waals surface area (Å²) in [6, 6.07) is 3.95. The molecule has 1 heterocycles.